The predicted molar refractivity (Wildman–Crippen MR) is 79.5 cm³/mol. The van der Waals surface area contributed by atoms with E-state index >= 15 is 0 Å². The van der Waals surface area contributed by atoms with Gasteiger partial charge in [0.1, 0.15) is 11.0 Å². The molecule has 0 saturated heterocycles. The number of rotatable bonds is 7. The van der Waals surface area contributed by atoms with Crippen LogP contribution in [0.3, 0.4) is 0 Å². The highest BCUT2D eigenvalue weighted by molar-refractivity contribution is 7.99. The quantitative estimate of drug-likeness (QED) is 0.717. The van der Waals surface area contributed by atoms with Crippen molar-refractivity contribution < 1.29 is 14.3 Å². The van der Waals surface area contributed by atoms with Crippen molar-refractivity contribution in [2.24, 2.45) is 5.92 Å². The first-order valence-electron chi connectivity index (χ1n) is 6.44. The van der Waals surface area contributed by atoms with E-state index in [1.807, 2.05) is 24.3 Å². The molecule has 0 bridgehead atoms. The van der Waals surface area contributed by atoms with E-state index < -0.39 is 0 Å². The van der Waals surface area contributed by atoms with Crippen molar-refractivity contribution in [3.8, 4) is 5.75 Å². The number of ether oxygens (including phenoxy) is 2. The molecule has 0 spiro atoms. The summed E-state index contributed by atoms with van der Waals surface area (Å²) in [4.78, 5) is 11.8. The van der Waals surface area contributed by atoms with Gasteiger partial charge in [0.15, 0.2) is 0 Å². The Balaban J connectivity index is 2.62. The summed E-state index contributed by atoms with van der Waals surface area (Å²) in [5, 5.41) is -0.0999. The Bertz CT molecular complexity index is 389. The van der Waals surface area contributed by atoms with Crippen LogP contribution >= 0.6 is 11.8 Å². The molecule has 4 heteroatoms. The average Bonchev–Trinajstić information content (AvgIpc) is 2.47. The topological polar surface area (TPSA) is 35.5 Å². The molecule has 0 aromatic heterocycles. The van der Waals surface area contributed by atoms with Gasteiger partial charge in [-0.2, -0.15) is 0 Å². The molecule has 0 aliphatic rings. The Hall–Kier alpha value is -1.16. The molecule has 0 amide bonds. The second kappa shape index (κ2) is 8.10. The fourth-order valence-electron chi connectivity index (χ4n) is 1.70. The summed E-state index contributed by atoms with van der Waals surface area (Å²) in [7, 11) is 3.10. The first-order chi connectivity index (χ1) is 9.12. The van der Waals surface area contributed by atoms with Gasteiger partial charge in [-0.15, -0.1) is 11.8 Å². The summed E-state index contributed by atoms with van der Waals surface area (Å²) in [6.45, 7) is 4.18. The number of hydrogen-bond donors (Lipinski definition) is 0. The lowest BCUT2D eigenvalue weighted by atomic mass is 10.1. The van der Waals surface area contributed by atoms with Gasteiger partial charge in [-0.25, -0.2) is 0 Å². The van der Waals surface area contributed by atoms with Crippen molar-refractivity contribution in [2.75, 3.05) is 14.2 Å². The molecule has 1 aromatic rings. The second-order valence-electron chi connectivity index (χ2n) is 4.49. The third kappa shape index (κ3) is 4.78. The van der Waals surface area contributed by atoms with Gasteiger partial charge in [0, 0.05) is 5.75 Å². The highest BCUT2D eigenvalue weighted by Gasteiger charge is 2.25. The zero-order chi connectivity index (χ0) is 14.3. The normalized spacial score (nSPS) is 13.7. The minimum Gasteiger partial charge on any atom is -0.497 e. The van der Waals surface area contributed by atoms with E-state index in [9.17, 15) is 4.79 Å². The number of methoxy groups -OCH3 is 2. The fourth-order valence-corrected chi connectivity index (χ4v) is 3.02. The highest BCUT2D eigenvalue weighted by Crippen LogP contribution is 2.27. The van der Waals surface area contributed by atoms with Crippen LogP contribution in [0.4, 0.5) is 0 Å². The van der Waals surface area contributed by atoms with Gasteiger partial charge in [-0.3, -0.25) is 4.79 Å². The Morgan fingerprint density at radius 3 is 2.37 bits per heavy atom. The lowest BCUT2D eigenvalue weighted by Crippen LogP contribution is -2.26. The van der Waals surface area contributed by atoms with E-state index in [-0.39, 0.29) is 11.2 Å². The van der Waals surface area contributed by atoms with Crippen molar-refractivity contribution in [1.29, 1.82) is 0 Å². The van der Waals surface area contributed by atoms with Crippen LogP contribution in [0.15, 0.2) is 24.3 Å². The number of hydrogen-bond acceptors (Lipinski definition) is 4. The zero-order valence-corrected chi connectivity index (χ0v) is 12.8. The lowest BCUT2D eigenvalue weighted by molar-refractivity contribution is -0.140. The van der Waals surface area contributed by atoms with Gasteiger partial charge in [0.25, 0.3) is 0 Å². The first-order valence-corrected chi connectivity index (χ1v) is 7.49. The maximum absolute atomic E-state index is 11.8. The maximum atomic E-state index is 11.8. The van der Waals surface area contributed by atoms with E-state index in [1.165, 1.54) is 12.7 Å². The van der Waals surface area contributed by atoms with Crippen LogP contribution in [0.5, 0.6) is 5.75 Å². The molecule has 0 radical (unpaired) electrons. The Morgan fingerprint density at radius 2 is 1.89 bits per heavy atom. The van der Waals surface area contributed by atoms with Crippen LogP contribution < -0.4 is 4.74 Å². The van der Waals surface area contributed by atoms with Gasteiger partial charge in [0.2, 0.25) is 0 Å². The maximum Gasteiger partial charge on any atom is 0.319 e. The summed E-state index contributed by atoms with van der Waals surface area (Å²) in [6, 6.07) is 7.92. The van der Waals surface area contributed by atoms with Gasteiger partial charge >= 0.3 is 5.97 Å². The van der Waals surface area contributed by atoms with Crippen molar-refractivity contribution in [1.82, 2.24) is 0 Å². The number of benzene rings is 1. The largest absolute Gasteiger partial charge is 0.497 e. The van der Waals surface area contributed by atoms with Gasteiger partial charge < -0.3 is 9.47 Å². The second-order valence-corrected chi connectivity index (χ2v) is 5.62. The smallest absolute Gasteiger partial charge is 0.319 e. The molecule has 0 fully saturated rings. The molecule has 2 atom stereocenters. The van der Waals surface area contributed by atoms with Crippen LogP contribution in [0.1, 0.15) is 25.8 Å². The molecule has 3 nitrogen and oxygen atoms in total. The van der Waals surface area contributed by atoms with E-state index in [0.29, 0.717) is 5.92 Å². The predicted octanol–water partition coefficient (Wildman–Crippen LogP) is 3.52. The number of thioether (sulfide) groups is 1. The molecule has 19 heavy (non-hydrogen) atoms. The fraction of sp³-hybridized carbons (Fsp3) is 0.533. The van der Waals surface area contributed by atoms with Crippen molar-refractivity contribution >= 4 is 17.7 Å². The van der Waals surface area contributed by atoms with Gasteiger partial charge in [-0.05, 0) is 23.6 Å². The van der Waals surface area contributed by atoms with Gasteiger partial charge in [0.05, 0.1) is 14.2 Å². The highest BCUT2D eigenvalue weighted by atomic mass is 32.2. The minimum atomic E-state index is -0.132. The summed E-state index contributed by atoms with van der Waals surface area (Å²) in [5.74, 6) is 1.83. The van der Waals surface area contributed by atoms with E-state index in [4.69, 9.17) is 9.47 Å². The molecule has 0 N–H and O–H groups in total. The van der Waals surface area contributed by atoms with Gasteiger partial charge in [-0.1, -0.05) is 32.4 Å². The van der Waals surface area contributed by atoms with Crippen molar-refractivity contribution in [2.45, 2.75) is 31.3 Å². The molecule has 1 unspecified atom stereocenters. The standard InChI is InChI=1S/C15H22O3S/c1-5-11(2)14(15(16)18-4)19-10-12-6-8-13(17-3)9-7-12/h6-9,11,14H,5,10H2,1-4H3/t11?,14-/m0/s1. The molecular formula is C15H22O3S. The van der Waals surface area contributed by atoms with Crippen LogP contribution in [0.2, 0.25) is 0 Å². The molecule has 0 heterocycles. The summed E-state index contributed by atoms with van der Waals surface area (Å²) >= 11 is 1.64. The number of carbonyl (C=O) groups is 1. The minimum absolute atomic E-state index is 0.0999. The van der Waals surface area contributed by atoms with Crippen LogP contribution in [-0.4, -0.2) is 25.4 Å². The Morgan fingerprint density at radius 1 is 1.26 bits per heavy atom. The van der Waals surface area contributed by atoms with Crippen molar-refractivity contribution in [3.63, 3.8) is 0 Å². The third-order valence-corrected chi connectivity index (χ3v) is 4.70. The molecule has 1 aromatic carbocycles. The summed E-state index contributed by atoms with van der Waals surface area (Å²) in [6.07, 6.45) is 0.968. The number of esters is 1. The lowest BCUT2D eigenvalue weighted by Gasteiger charge is -2.20. The molecule has 106 valence electrons. The molecule has 0 aliphatic carbocycles. The van der Waals surface area contributed by atoms with Crippen LogP contribution in [0.25, 0.3) is 0 Å². The number of carbonyl (C=O) groups excluding carboxylic acids is 1. The summed E-state index contributed by atoms with van der Waals surface area (Å²) in [5.41, 5.74) is 1.18. The van der Waals surface area contributed by atoms with Crippen LogP contribution in [0, 0.1) is 5.92 Å². The molecule has 0 saturated carbocycles. The monoisotopic (exact) mass is 282 g/mol. The van der Waals surface area contributed by atoms with Crippen LogP contribution in [-0.2, 0) is 15.3 Å². The van der Waals surface area contributed by atoms with E-state index in [1.54, 1.807) is 18.9 Å². The van der Waals surface area contributed by atoms with E-state index in [2.05, 4.69) is 13.8 Å². The van der Waals surface area contributed by atoms with Crippen molar-refractivity contribution in [3.05, 3.63) is 29.8 Å². The Kier molecular flexibility index (Phi) is 6.78. The Labute approximate surface area is 119 Å². The molecule has 1 rings (SSSR count). The molecule has 0 aliphatic heterocycles. The van der Waals surface area contributed by atoms with E-state index in [0.717, 1.165) is 17.9 Å². The zero-order valence-electron chi connectivity index (χ0n) is 12.0. The average molecular weight is 282 g/mol. The molecular weight excluding hydrogens is 260 g/mol. The third-order valence-electron chi connectivity index (χ3n) is 3.18. The first kappa shape index (κ1) is 15.9. The SMILES string of the molecule is CCC(C)[C@H](SCc1ccc(OC)cc1)C(=O)OC. The summed E-state index contributed by atoms with van der Waals surface area (Å²) < 4.78 is 10.0.